The van der Waals surface area contributed by atoms with Crippen LogP contribution in [0, 0.1) is 29.6 Å². The monoisotopic (exact) mass is 1820 g/mol. The van der Waals surface area contributed by atoms with Gasteiger partial charge in [-0.05, 0) is 331 Å². The molecule has 4 aliphatic heterocycles. The summed E-state index contributed by atoms with van der Waals surface area (Å²) in [4.78, 5) is 59.2. The van der Waals surface area contributed by atoms with Gasteiger partial charge in [-0.15, -0.1) is 0 Å². The highest BCUT2D eigenvalue weighted by Gasteiger charge is 2.42. The third-order valence-corrected chi connectivity index (χ3v) is 25.8. The largest absolute Gasteiger partial charge is 0.416 e. The molecule has 130 heavy (non-hydrogen) atoms. The van der Waals surface area contributed by atoms with Crippen LogP contribution >= 0.6 is 0 Å². The summed E-state index contributed by atoms with van der Waals surface area (Å²) >= 11 is 0. The van der Waals surface area contributed by atoms with Gasteiger partial charge >= 0.3 is 30.9 Å². The summed E-state index contributed by atoms with van der Waals surface area (Å²) in [7, 11) is 0. The van der Waals surface area contributed by atoms with Gasteiger partial charge in [0.15, 0.2) is 0 Å². The zero-order valence-corrected chi connectivity index (χ0v) is 77.9. The topological polar surface area (TPSA) is 81.2 Å². The molecule has 4 heterocycles. The molecular formula is C107H131F15N4O4. The minimum atomic E-state index is -4.45. The molecule has 8 aromatic rings. The van der Waals surface area contributed by atoms with Gasteiger partial charge in [-0.2, -0.15) is 65.9 Å². The van der Waals surface area contributed by atoms with Crippen molar-refractivity contribution in [1.29, 1.82) is 0 Å². The number of nitrogens with zero attached hydrogens (tertiary/aromatic N) is 4. The Balaban J connectivity index is 0.000000195. The Bertz CT molecular complexity index is 4980. The highest BCUT2D eigenvalue weighted by Crippen LogP contribution is 2.46. The van der Waals surface area contributed by atoms with Crippen molar-refractivity contribution in [1.82, 2.24) is 0 Å². The quantitative estimate of drug-likeness (QED) is 0.0471. The molecule has 0 saturated carbocycles. The molecular weight excluding hydrogens is 1690 g/mol. The maximum atomic E-state index is 13.1. The van der Waals surface area contributed by atoms with Gasteiger partial charge in [-0.25, -0.2) is 0 Å². The molecule has 23 heteroatoms. The molecule has 4 aliphatic rings. The normalized spacial score (nSPS) is 17.8. The van der Waals surface area contributed by atoms with Crippen molar-refractivity contribution in [2.75, 3.05) is 52.3 Å². The third kappa shape index (κ3) is 29.3. The zero-order valence-electron chi connectivity index (χ0n) is 77.9. The van der Waals surface area contributed by atoms with Crippen LogP contribution < -0.4 is 19.6 Å². The van der Waals surface area contributed by atoms with Crippen molar-refractivity contribution >= 4 is 45.9 Å². The van der Waals surface area contributed by atoms with E-state index in [1.165, 1.54) is 74.7 Å². The SMILES string of the molecule is CC(=O)C(CC(C)C)c1cc(-c2ccc(C(F)(F)F)cc2)cc(N2CCC(C(F)(F)F)CC2)c1.CC(=O)C(CC(C)C)c1cc(-c2ccc(C(F)(F)F)cc2)cc(N2CCCCC2C)c1.CCC1CCCCN1c1cc(-c2ccc(C(F)(F)F)cc2)cc(C(CC(C)C)C(C)=O)c1.CCCC1CCCCN1c1cc(-c2ccc(C(F)(F)F)cc2)cc(C(CC(C)C)C(C)=O)c1. The molecule has 0 spiro atoms. The highest BCUT2D eigenvalue weighted by atomic mass is 19.4. The van der Waals surface area contributed by atoms with Crippen LogP contribution in [-0.2, 0) is 43.9 Å². The van der Waals surface area contributed by atoms with Crippen molar-refractivity contribution in [2.24, 2.45) is 29.6 Å². The molecule has 0 amide bonds. The van der Waals surface area contributed by atoms with E-state index in [0.29, 0.717) is 59.1 Å². The van der Waals surface area contributed by atoms with E-state index in [9.17, 15) is 85.0 Å². The van der Waals surface area contributed by atoms with Crippen molar-refractivity contribution < 1.29 is 85.0 Å². The van der Waals surface area contributed by atoms with E-state index in [1.54, 1.807) is 26.8 Å². The van der Waals surface area contributed by atoms with Gasteiger partial charge < -0.3 is 19.6 Å². The number of benzene rings is 8. The molecule has 8 aromatic carbocycles. The molecule has 0 radical (unpaired) electrons. The summed E-state index contributed by atoms with van der Waals surface area (Å²) < 4.78 is 196. The number of rotatable bonds is 27. The van der Waals surface area contributed by atoms with Gasteiger partial charge in [-0.1, -0.05) is 148 Å². The number of carbonyl (C=O) groups excluding carboxylic acids is 4. The lowest BCUT2D eigenvalue weighted by Crippen LogP contribution is -2.39. The number of hydrogen-bond donors (Lipinski definition) is 0. The van der Waals surface area contributed by atoms with E-state index in [-0.39, 0.29) is 72.7 Å². The molecule has 0 aromatic heterocycles. The Morgan fingerprint density at radius 2 is 0.577 bits per heavy atom. The van der Waals surface area contributed by atoms with Crippen molar-refractivity contribution in [3.63, 3.8) is 0 Å². The maximum Gasteiger partial charge on any atom is 0.416 e. The van der Waals surface area contributed by atoms with E-state index in [0.717, 1.165) is 218 Å². The van der Waals surface area contributed by atoms with Gasteiger partial charge in [0.25, 0.3) is 0 Å². The van der Waals surface area contributed by atoms with Crippen LogP contribution in [0.25, 0.3) is 44.5 Å². The summed E-state index contributed by atoms with van der Waals surface area (Å²) in [5.41, 5.74) is 10.7. The van der Waals surface area contributed by atoms with Crippen molar-refractivity contribution in [3.05, 3.63) is 214 Å². The van der Waals surface area contributed by atoms with E-state index in [1.807, 2.05) is 49.1 Å². The van der Waals surface area contributed by atoms with Crippen LogP contribution in [0.1, 0.15) is 288 Å². The third-order valence-electron chi connectivity index (χ3n) is 25.8. The summed E-state index contributed by atoms with van der Waals surface area (Å²) in [5, 5.41) is 0. The Morgan fingerprint density at radius 3 is 0.838 bits per heavy atom. The molecule has 0 bridgehead atoms. The molecule has 4 fully saturated rings. The van der Waals surface area contributed by atoms with Gasteiger partial charge in [0, 0.05) is 97.3 Å². The molecule has 4 saturated heterocycles. The van der Waals surface area contributed by atoms with Gasteiger partial charge in [-0.3, -0.25) is 19.2 Å². The number of hydrogen-bond acceptors (Lipinski definition) is 8. The lowest BCUT2D eigenvalue weighted by molar-refractivity contribution is -0.179. The Kier molecular flexibility index (Phi) is 36.8. The molecule has 7 atom stereocenters. The smallest absolute Gasteiger partial charge is 0.371 e. The van der Waals surface area contributed by atoms with E-state index >= 15 is 0 Å². The first-order valence-corrected chi connectivity index (χ1v) is 46.4. The molecule has 7 unspecified atom stereocenters. The lowest BCUT2D eigenvalue weighted by Gasteiger charge is -2.38. The van der Waals surface area contributed by atoms with Crippen LogP contribution in [0.2, 0.25) is 0 Å². The summed E-state index contributed by atoms with van der Waals surface area (Å²) in [5.74, 6) is -0.725. The maximum absolute atomic E-state index is 13.1. The first kappa shape index (κ1) is 104. The van der Waals surface area contributed by atoms with E-state index in [2.05, 4.69) is 113 Å². The van der Waals surface area contributed by atoms with Crippen LogP contribution in [0.15, 0.2) is 170 Å². The first-order valence-electron chi connectivity index (χ1n) is 46.4. The lowest BCUT2D eigenvalue weighted by atomic mass is 9.85. The van der Waals surface area contributed by atoms with E-state index in [4.69, 9.17) is 0 Å². The second-order valence-corrected chi connectivity index (χ2v) is 37.9. The predicted octanol–water partition coefficient (Wildman–Crippen LogP) is 31.4. The number of carbonyl (C=O) groups is 4. The Labute approximate surface area is 760 Å². The van der Waals surface area contributed by atoms with Gasteiger partial charge in [0.2, 0.25) is 0 Å². The number of halogens is 15. The van der Waals surface area contributed by atoms with Crippen molar-refractivity contribution in [2.45, 2.75) is 292 Å². The van der Waals surface area contributed by atoms with Crippen molar-refractivity contribution in [3.8, 4) is 44.5 Å². The summed E-state index contributed by atoms with van der Waals surface area (Å²) in [6.07, 6.45) is -5.28. The van der Waals surface area contributed by atoms with Crippen LogP contribution in [-0.4, -0.2) is 80.2 Å². The zero-order chi connectivity index (χ0) is 95.7. The number of alkyl halides is 15. The van der Waals surface area contributed by atoms with Gasteiger partial charge in [0.1, 0.15) is 23.1 Å². The molecule has 0 aliphatic carbocycles. The Hall–Kier alpha value is -9.41. The standard InChI is InChI=1S/C28H36F3NO.C27H34F3NO.C26H29F6NO.C26H32F3NO/c1-5-8-25-9-6-7-14-32(25)26-17-22(21-10-12-24(13-11-21)28(29,30)31)16-23(18-26)27(20(4)33)15-19(2)3;1-5-24-8-6-7-13-31(24)25-16-21(20-9-11-23(12-10-20)27(28,29)30)15-22(17-25)26(19(4)32)14-18(2)3;1-16(2)12-24(17(3)34)20-13-19(18-4-6-21(7-5-18)25(27,28)29)14-23(15-20)33-10-8-22(9-11-33)26(30,31)32;1-17(2)13-25(19(4)31)22-14-21(20-8-10-23(11-9-20)26(27,28)29)15-24(16-22)30-12-6-5-7-18(30)3/h10-13,16-19,25,27H,5-9,14-15H2,1-4H3;9-12,15-18,24,26H,5-8,13-14H2,1-4H3;4-7,13-16,22,24H,8-12H2,1-3H3;8-11,14-18,25H,5-7,12-13H2,1-4H3. The second-order valence-electron chi connectivity index (χ2n) is 37.9. The predicted molar refractivity (Wildman–Crippen MR) is 496 cm³/mol. The van der Waals surface area contributed by atoms with Gasteiger partial charge in [0.05, 0.1) is 28.2 Å². The van der Waals surface area contributed by atoms with E-state index < -0.39 is 65.0 Å². The minimum Gasteiger partial charge on any atom is -0.371 e. The highest BCUT2D eigenvalue weighted by molar-refractivity contribution is 5.88. The molecule has 0 N–H and O–H groups in total. The fourth-order valence-electron chi connectivity index (χ4n) is 18.8. The number of piperidine rings is 4. The average Bonchev–Trinajstić information content (AvgIpc) is 0.799. The fraction of sp³-hybridized carbons (Fsp3) is 0.514. The molecule has 12 rings (SSSR count). The first-order chi connectivity index (χ1) is 61.0. The van der Waals surface area contributed by atoms with Crippen LogP contribution in [0.3, 0.4) is 0 Å². The fourth-order valence-corrected chi connectivity index (χ4v) is 18.8. The summed E-state index contributed by atoms with van der Waals surface area (Å²) in [6.45, 7) is 32.9. The van der Waals surface area contributed by atoms with Crippen LogP contribution in [0.4, 0.5) is 88.6 Å². The molecule has 8 nitrogen and oxygen atoms in total. The number of anilines is 4. The minimum absolute atomic E-state index is 0.0223. The summed E-state index contributed by atoms with van der Waals surface area (Å²) in [6, 6.07) is 46.1. The Morgan fingerprint density at radius 1 is 0.315 bits per heavy atom. The van der Waals surface area contributed by atoms with Crippen LogP contribution in [0.5, 0.6) is 0 Å². The average molecular weight is 1820 g/mol. The molecule has 708 valence electrons. The number of ketones is 4. The number of Topliss-reactive ketones (excluding diaryl/α,β-unsaturated/α-hetero) is 4. The second kappa shape index (κ2) is 45.8.